The number of nitrogens with one attached hydrogen (secondary N) is 1. The number of hydrogen-bond acceptors (Lipinski definition) is 2. The van der Waals surface area contributed by atoms with Gasteiger partial charge < -0.3 is 10.4 Å². The summed E-state index contributed by atoms with van der Waals surface area (Å²) in [6.45, 7) is 0. The summed E-state index contributed by atoms with van der Waals surface area (Å²) >= 11 is 9.04. The fourth-order valence-corrected chi connectivity index (χ4v) is 1.62. The predicted molar refractivity (Wildman–Crippen MR) is 71.5 cm³/mol. The minimum absolute atomic E-state index is 0.0780. The molecule has 0 aliphatic carbocycles. The molecule has 1 aromatic carbocycles. The maximum Gasteiger partial charge on any atom is 0.327 e. The van der Waals surface area contributed by atoms with Gasteiger partial charge in [0.2, 0.25) is 0 Å². The van der Waals surface area contributed by atoms with Crippen molar-refractivity contribution in [1.29, 1.82) is 0 Å². The van der Waals surface area contributed by atoms with E-state index in [0.29, 0.717) is 9.50 Å². The van der Waals surface area contributed by atoms with Crippen LogP contribution in [-0.4, -0.2) is 23.0 Å². The molecule has 1 rings (SSSR count). The van der Waals surface area contributed by atoms with E-state index >= 15 is 0 Å². The van der Waals surface area contributed by atoms with Gasteiger partial charge in [0.05, 0.1) is 5.02 Å². The van der Waals surface area contributed by atoms with E-state index in [1.165, 1.54) is 12.1 Å². The molecule has 1 atom stereocenters. The Kier molecular flexibility index (Phi) is 5.20. The standard InChI is InChI=1S/C12H9BrClNO3/c1-2-3-10(12(17)18)15-11(16)7-4-5-8(13)9(14)6-7/h1,4-6,10H,3H2,(H,15,16)(H,17,18). The number of halogens is 2. The zero-order chi connectivity index (χ0) is 13.7. The highest BCUT2D eigenvalue weighted by Crippen LogP contribution is 2.23. The fourth-order valence-electron chi connectivity index (χ4n) is 1.20. The van der Waals surface area contributed by atoms with Crippen LogP contribution in [0.5, 0.6) is 0 Å². The number of carboxylic acids is 1. The quantitative estimate of drug-likeness (QED) is 0.833. The van der Waals surface area contributed by atoms with Crippen LogP contribution in [0.15, 0.2) is 22.7 Å². The normalized spacial score (nSPS) is 11.4. The van der Waals surface area contributed by atoms with Gasteiger partial charge in [0.15, 0.2) is 0 Å². The summed E-state index contributed by atoms with van der Waals surface area (Å²) in [6, 6.07) is 3.47. The van der Waals surface area contributed by atoms with Crippen molar-refractivity contribution in [2.75, 3.05) is 0 Å². The Morgan fingerprint density at radius 3 is 2.72 bits per heavy atom. The number of benzene rings is 1. The van der Waals surface area contributed by atoms with Crippen LogP contribution in [0.4, 0.5) is 0 Å². The number of carbonyl (C=O) groups excluding carboxylic acids is 1. The molecule has 0 spiro atoms. The summed E-state index contributed by atoms with van der Waals surface area (Å²) in [5.41, 5.74) is 0.270. The van der Waals surface area contributed by atoms with Crippen molar-refractivity contribution in [2.45, 2.75) is 12.5 Å². The number of hydrogen-bond donors (Lipinski definition) is 2. The second-order valence-electron chi connectivity index (χ2n) is 3.40. The Morgan fingerprint density at radius 1 is 1.56 bits per heavy atom. The molecule has 0 heterocycles. The van der Waals surface area contributed by atoms with Crippen molar-refractivity contribution in [3.8, 4) is 12.3 Å². The molecule has 2 N–H and O–H groups in total. The fraction of sp³-hybridized carbons (Fsp3) is 0.167. The summed E-state index contributed by atoms with van der Waals surface area (Å²) in [5.74, 6) is 0.486. The second kappa shape index (κ2) is 6.43. The molecule has 18 heavy (non-hydrogen) atoms. The van der Waals surface area contributed by atoms with Crippen molar-refractivity contribution in [1.82, 2.24) is 5.32 Å². The Balaban J connectivity index is 2.84. The van der Waals surface area contributed by atoms with E-state index in [4.69, 9.17) is 23.1 Å². The van der Waals surface area contributed by atoms with Crippen LogP contribution in [-0.2, 0) is 4.79 Å². The van der Waals surface area contributed by atoms with Crippen molar-refractivity contribution in [3.05, 3.63) is 33.3 Å². The van der Waals surface area contributed by atoms with E-state index in [1.54, 1.807) is 6.07 Å². The van der Waals surface area contributed by atoms with Crippen molar-refractivity contribution >= 4 is 39.4 Å². The van der Waals surface area contributed by atoms with Gasteiger partial charge in [-0.05, 0) is 34.1 Å². The molecule has 94 valence electrons. The highest BCUT2D eigenvalue weighted by Gasteiger charge is 2.19. The summed E-state index contributed by atoms with van der Waals surface area (Å²) in [6.07, 6.45) is 4.96. The number of carboxylic acid groups (broad SMARTS) is 1. The molecule has 0 radical (unpaired) electrons. The molecule has 0 aromatic heterocycles. The number of carbonyl (C=O) groups is 2. The zero-order valence-electron chi connectivity index (χ0n) is 9.11. The molecule has 0 saturated carbocycles. The SMILES string of the molecule is C#CCC(NC(=O)c1ccc(Br)c(Cl)c1)C(=O)O. The Morgan fingerprint density at radius 2 is 2.22 bits per heavy atom. The molecule has 6 heteroatoms. The molecule has 1 unspecified atom stereocenters. The van der Waals surface area contributed by atoms with Gasteiger partial charge in [-0.25, -0.2) is 4.79 Å². The lowest BCUT2D eigenvalue weighted by Gasteiger charge is -2.12. The number of amides is 1. The first-order valence-corrected chi connectivity index (χ1v) is 6.05. The summed E-state index contributed by atoms with van der Waals surface area (Å²) in [4.78, 5) is 22.6. The molecule has 0 aliphatic rings. The van der Waals surface area contributed by atoms with Crippen molar-refractivity contribution < 1.29 is 14.7 Å². The molecular weight excluding hydrogens is 321 g/mol. The van der Waals surface area contributed by atoms with Gasteiger partial charge in [0.1, 0.15) is 6.04 Å². The summed E-state index contributed by atoms with van der Waals surface area (Å²) in [5, 5.41) is 11.5. The maximum atomic E-state index is 11.8. The second-order valence-corrected chi connectivity index (χ2v) is 4.66. The van der Waals surface area contributed by atoms with Crippen molar-refractivity contribution in [2.24, 2.45) is 0 Å². The first-order chi connectivity index (χ1) is 8.45. The van der Waals surface area contributed by atoms with E-state index in [0.717, 1.165) is 0 Å². The molecular formula is C12H9BrClNO3. The number of rotatable bonds is 4. The van der Waals surface area contributed by atoms with Crippen LogP contribution in [0.3, 0.4) is 0 Å². The average Bonchev–Trinajstić information content (AvgIpc) is 2.31. The van der Waals surface area contributed by atoms with Crippen LogP contribution >= 0.6 is 27.5 Å². The lowest BCUT2D eigenvalue weighted by molar-refractivity contribution is -0.139. The van der Waals surface area contributed by atoms with E-state index in [9.17, 15) is 9.59 Å². The van der Waals surface area contributed by atoms with Crippen LogP contribution in [0, 0.1) is 12.3 Å². The van der Waals surface area contributed by atoms with Crippen LogP contribution < -0.4 is 5.32 Å². The Hall–Kier alpha value is -1.51. The van der Waals surface area contributed by atoms with Gasteiger partial charge in [-0.3, -0.25) is 4.79 Å². The molecule has 0 aliphatic heterocycles. The summed E-state index contributed by atoms with van der Waals surface area (Å²) in [7, 11) is 0. The third kappa shape index (κ3) is 3.76. The highest BCUT2D eigenvalue weighted by molar-refractivity contribution is 9.10. The monoisotopic (exact) mass is 329 g/mol. The van der Waals surface area contributed by atoms with Gasteiger partial charge in [-0.15, -0.1) is 12.3 Å². The predicted octanol–water partition coefficient (Wildman–Crippen LogP) is 2.31. The van der Waals surface area contributed by atoms with Gasteiger partial charge in [-0.1, -0.05) is 11.6 Å². The Bertz CT molecular complexity index is 525. The zero-order valence-corrected chi connectivity index (χ0v) is 11.5. The van der Waals surface area contributed by atoms with Crippen LogP contribution in [0.2, 0.25) is 5.02 Å². The van der Waals surface area contributed by atoms with E-state index in [-0.39, 0.29) is 12.0 Å². The average molecular weight is 331 g/mol. The molecule has 0 fully saturated rings. The van der Waals surface area contributed by atoms with Gasteiger partial charge >= 0.3 is 5.97 Å². The number of aliphatic carboxylic acids is 1. The third-order valence-electron chi connectivity index (χ3n) is 2.11. The van der Waals surface area contributed by atoms with Gasteiger partial charge in [-0.2, -0.15) is 0 Å². The van der Waals surface area contributed by atoms with Crippen molar-refractivity contribution in [3.63, 3.8) is 0 Å². The summed E-state index contributed by atoms with van der Waals surface area (Å²) < 4.78 is 0.652. The Labute approximate surface area is 117 Å². The van der Waals surface area contributed by atoms with E-state index < -0.39 is 17.9 Å². The van der Waals surface area contributed by atoms with Crippen LogP contribution in [0.1, 0.15) is 16.8 Å². The topological polar surface area (TPSA) is 66.4 Å². The molecule has 1 amide bonds. The smallest absolute Gasteiger partial charge is 0.327 e. The number of terminal acetylenes is 1. The lowest BCUT2D eigenvalue weighted by Crippen LogP contribution is -2.40. The largest absolute Gasteiger partial charge is 0.480 e. The maximum absolute atomic E-state index is 11.8. The molecule has 0 bridgehead atoms. The van der Waals surface area contributed by atoms with E-state index in [1.807, 2.05) is 0 Å². The highest BCUT2D eigenvalue weighted by atomic mass is 79.9. The molecule has 0 saturated heterocycles. The van der Waals surface area contributed by atoms with Gasteiger partial charge in [0, 0.05) is 16.5 Å². The molecule has 4 nitrogen and oxygen atoms in total. The molecule has 1 aromatic rings. The lowest BCUT2D eigenvalue weighted by atomic mass is 10.1. The first kappa shape index (κ1) is 14.6. The minimum atomic E-state index is -1.18. The third-order valence-corrected chi connectivity index (χ3v) is 3.34. The van der Waals surface area contributed by atoms with Crippen LogP contribution in [0.25, 0.3) is 0 Å². The first-order valence-electron chi connectivity index (χ1n) is 4.88. The van der Waals surface area contributed by atoms with E-state index in [2.05, 4.69) is 27.2 Å². The van der Waals surface area contributed by atoms with Gasteiger partial charge in [0.25, 0.3) is 5.91 Å². The minimum Gasteiger partial charge on any atom is -0.480 e.